The molecule has 1 aromatic carbocycles. The van der Waals surface area contributed by atoms with E-state index in [0.29, 0.717) is 11.3 Å². The molecule has 0 aliphatic heterocycles. The highest BCUT2D eigenvalue weighted by Crippen LogP contribution is 2.03. The Morgan fingerprint density at radius 3 is 2.69 bits per heavy atom. The zero-order valence-electron chi connectivity index (χ0n) is 8.51. The van der Waals surface area contributed by atoms with Gasteiger partial charge in [-0.25, -0.2) is 4.98 Å². The lowest BCUT2D eigenvalue weighted by molar-refractivity contribution is 0.0992. The van der Waals surface area contributed by atoms with Crippen molar-refractivity contribution in [3.8, 4) is 0 Å². The summed E-state index contributed by atoms with van der Waals surface area (Å²) >= 11 is 0. The molecule has 0 aliphatic carbocycles. The number of carbonyl (C=O) groups is 1. The zero-order valence-corrected chi connectivity index (χ0v) is 8.51. The van der Waals surface area contributed by atoms with Crippen molar-refractivity contribution in [3.05, 3.63) is 64.3 Å². The number of nitrogens with zero attached hydrogens (tertiary/aromatic N) is 1. The fraction of sp³-hybridized carbons (Fsp3) is 0.0833. The molecule has 0 saturated carbocycles. The van der Waals surface area contributed by atoms with E-state index < -0.39 is 0 Å². The third-order valence-electron chi connectivity index (χ3n) is 2.17. The Balaban J connectivity index is 2.17. The van der Waals surface area contributed by atoms with E-state index in [4.69, 9.17) is 0 Å². The van der Waals surface area contributed by atoms with E-state index in [1.807, 2.05) is 6.07 Å². The minimum Gasteiger partial charge on any atom is -0.313 e. The van der Waals surface area contributed by atoms with Gasteiger partial charge in [0.05, 0.1) is 18.4 Å². The van der Waals surface area contributed by atoms with Gasteiger partial charge in [-0.15, -0.1) is 0 Å². The monoisotopic (exact) mass is 214 g/mol. The first-order chi connectivity index (χ1) is 7.75. The lowest BCUT2D eigenvalue weighted by atomic mass is 10.1. The number of rotatable bonds is 3. The van der Waals surface area contributed by atoms with Gasteiger partial charge < -0.3 is 4.98 Å². The van der Waals surface area contributed by atoms with Crippen LogP contribution in [0, 0.1) is 0 Å². The fourth-order valence-electron chi connectivity index (χ4n) is 1.40. The van der Waals surface area contributed by atoms with Crippen LogP contribution in [0.5, 0.6) is 0 Å². The minimum absolute atomic E-state index is 0.0429. The molecule has 0 aliphatic rings. The van der Waals surface area contributed by atoms with Gasteiger partial charge in [0.15, 0.2) is 5.78 Å². The van der Waals surface area contributed by atoms with Gasteiger partial charge in [-0.05, 0) is 0 Å². The van der Waals surface area contributed by atoms with Crippen molar-refractivity contribution in [2.75, 3.05) is 0 Å². The van der Waals surface area contributed by atoms with Gasteiger partial charge in [0.2, 0.25) is 0 Å². The van der Waals surface area contributed by atoms with Crippen molar-refractivity contribution in [1.82, 2.24) is 9.97 Å². The first kappa shape index (κ1) is 10.3. The van der Waals surface area contributed by atoms with Crippen LogP contribution in [-0.4, -0.2) is 15.8 Å². The smallest absolute Gasteiger partial charge is 0.250 e. The van der Waals surface area contributed by atoms with Crippen LogP contribution in [0.4, 0.5) is 0 Å². The maximum Gasteiger partial charge on any atom is 0.250 e. The first-order valence-corrected chi connectivity index (χ1v) is 4.87. The Bertz CT molecular complexity index is 546. The molecule has 0 spiro atoms. The Hall–Kier alpha value is -2.23. The minimum atomic E-state index is -0.245. The van der Waals surface area contributed by atoms with Gasteiger partial charge in [-0.1, -0.05) is 30.3 Å². The standard InChI is InChI=1S/C12H10N2O2/c15-11(9-4-2-1-3-5-9)6-10-7-12(16)14-8-13-10/h1-5,7-8H,6H2,(H,13,14,16). The van der Waals surface area contributed by atoms with Gasteiger partial charge in [0, 0.05) is 11.6 Å². The number of carbonyl (C=O) groups excluding carboxylic acids is 1. The first-order valence-electron chi connectivity index (χ1n) is 4.87. The summed E-state index contributed by atoms with van der Waals surface area (Å²) < 4.78 is 0. The van der Waals surface area contributed by atoms with Crippen LogP contribution in [0.2, 0.25) is 0 Å². The van der Waals surface area contributed by atoms with Crippen molar-refractivity contribution in [1.29, 1.82) is 0 Å². The van der Waals surface area contributed by atoms with Gasteiger partial charge in [-0.2, -0.15) is 0 Å². The highest BCUT2D eigenvalue weighted by molar-refractivity contribution is 5.97. The van der Waals surface area contributed by atoms with E-state index in [1.54, 1.807) is 24.3 Å². The number of benzene rings is 1. The lowest BCUT2D eigenvalue weighted by Crippen LogP contribution is -2.11. The number of aromatic amines is 1. The van der Waals surface area contributed by atoms with Crippen LogP contribution in [-0.2, 0) is 6.42 Å². The summed E-state index contributed by atoms with van der Waals surface area (Å²) in [5, 5.41) is 0. The number of H-pyrrole nitrogens is 1. The zero-order chi connectivity index (χ0) is 11.4. The molecule has 4 heteroatoms. The molecule has 1 N–H and O–H groups in total. The van der Waals surface area contributed by atoms with E-state index in [2.05, 4.69) is 9.97 Å². The number of aromatic nitrogens is 2. The van der Waals surface area contributed by atoms with Gasteiger partial charge in [-0.3, -0.25) is 9.59 Å². The second kappa shape index (κ2) is 4.53. The summed E-state index contributed by atoms with van der Waals surface area (Å²) in [6.45, 7) is 0. The number of Topliss-reactive ketones (excluding diaryl/α,β-unsaturated/α-hetero) is 1. The highest BCUT2D eigenvalue weighted by atomic mass is 16.1. The average molecular weight is 214 g/mol. The molecule has 4 nitrogen and oxygen atoms in total. The largest absolute Gasteiger partial charge is 0.313 e. The summed E-state index contributed by atoms with van der Waals surface area (Å²) in [5.41, 5.74) is 0.869. The predicted octanol–water partition coefficient (Wildman–Crippen LogP) is 1.20. The molecular formula is C12H10N2O2. The molecule has 2 rings (SSSR count). The molecule has 2 aromatic rings. The van der Waals surface area contributed by atoms with Crippen molar-refractivity contribution in [2.45, 2.75) is 6.42 Å². The van der Waals surface area contributed by atoms with E-state index in [0.717, 1.165) is 0 Å². The molecule has 0 saturated heterocycles. The Morgan fingerprint density at radius 2 is 2.00 bits per heavy atom. The van der Waals surface area contributed by atoms with Crippen molar-refractivity contribution < 1.29 is 4.79 Å². The average Bonchev–Trinajstić information content (AvgIpc) is 2.30. The maximum atomic E-state index is 11.8. The molecule has 0 bridgehead atoms. The third-order valence-corrected chi connectivity index (χ3v) is 2.17. The van der Waals surface area contributed by atoms with Crippen molar-refractivity contribution in [3.63, 3.8) is 0 Å². The van der Waals surface area contributed by atoms with Crippen molar-refractivity contribution in [2.24, 2.45) is 0 Å². The maximum absolute atomic E-state index is 11.8. The molecule has 0 atom stereocenters. The Kier molecular flexibility index (Phi) is 2.91. The molecule has 1 aromatic heterocycles. The van der Waals surface area contributed by atoms with Gasteiger partial charge >= 0.3 is 0 Å². The summed E-state index contributed by atoms with van der Waals surface area (Å²) in [7, 11) is 0. The van der Waals surface area contributed by atoms with Gasteiger partial charge in [0.25, 0.3) is 5.56 Å². The lowest BCUT2D eigenvalue weighted by Gasteiger charge is -1.99. The SMILES string of the molecule is O=C(Cc1cc(=O)[nH]cn1)c1ccccc1. The quantitative estimate of drug-likeness (QED) is 0.781. The van der Waals surface area contributed by atoms with E-state index >= 15 is 0 Å². The molecular weight excluding hydrogens is 204 g/mol. The topological polar surface area (TPSA) is 62.8 Å². The van der Waals surface area contributed by atoms with Crippen LogP contribution in [0.1, 0.15) is 16.1 Å². The van der Waals surface area contributed by atoms with Crippen LogP contribution in [0.25, 0.3) is 0 Å². The number of hydrogen-bond donors (Lipinski definition) is 1. The molecule has 80 valence electrons. The molecule has 0 fully saturated rings. The third kappa shape index (κ3) is 2.42. The number of nitrogens with one attached hydrogen (secondary N) is 1. The summed E-state index contributed by atoms with van der Waals surface area (Å²) in [5.74, 6) is -0.0429. The van der Waals surface area contributed by atoms with Crippen LogP contribution in [0.15, 0.2) is 47.5 Å². The van der Waals surface area contributed by atoms with Crippen LogP contribution >= 0.6 is 0 Å². The van der Waals surface area contributed by atoms with E-state index in [9.17, 15) is 9.59 Å². The molecule has 16 heavy (non-hydrogen) atoms. The van der Waals surface area contributed by atoms with Crippen LogP contribution < -0.4 is 5.56 Å². The fourth-order valence-corrected chi connectivity index (χ4v) is 1.40. The predicted molar refractivity (Wildman–Crippen MR) is 59.3 cm³/mol. The number of ketones is 1. The summed E-state index contributed by atoms with van der Waals surface area (Å²) in [6.07, 6.45) is 1.45. The Labute approximate surface area is 92.0 Å². The second-order valence-electron chi connectivity index (χ2n) is 3.37. The van der Waals surface area contributed by atoms with Gasteiger partial charge in [0.1, 0.15) is 0 Å². The highest BCUT2D eigenvalue weighted by Gasteiger charge is 2.07. The normalized spacial score (nSPS) is 10.0. The number of hydrogen-bond acceptors (Lipinski definition) is 3. The Morgan fingerprint density at radius 1 is 1.25 bits per heavy atom. The molecule has 0 radical (unpaired) electrons. The summed E-state index contributed by atoms with van der Waals surface area (Å²) in [6, 6.07) is 10.3. The van der Waals surface area contributed by atoms with E-state index in [-0.39, 0.29) is 17.8 Å². The molecule has 0 unspecified atom stereocenters. The van der Waals surface area contributed by atoms with Crippen molar-refractivity contribution >= 4 is 5.78 Å². The molecule has 1 heterocycles. The molecule has 0 amide bonds. The van der Waals surface area contributed by atoms with E-state index in [1.165, 1.54) is 12.4 Å². The van der Waals surface area contributed by atoms with Crippen LogP contribution in [0.3, 0.4) is 0 Å². The summed E-state index contributed by atoms with van der Waals surface area (Å²) in [4.78, 5) is 29.1. The second-order valence-corrected chi connectivity index (χ2v) is 3.37.